The minimum Gasteiger partial charge on any atom is -0.351 e. The number of nitrogens with one attached hydrogen (secondary N) is 4. The molecule has 12 amide bonds. The van der Waals surface area contributed by atoms with Crippen LogP contribution in [0.3, 0.4) is 0 Å². The molecule has 5 rings (SSSR count). The van der Waals surface area contributed by atoms with Crippen LogP contribution in [0.15, 0.2) is 0 Å². The van der Waals surface area contributed by atoms with Crippen molar-refractivity contribution in [2.45, 2.75) is 249 Å². The summed E-state index contributed by atoms with van der Waals surface area (Å²) in [6, 6.07) is -8.98. The number of piperidine rings is 1. The molecule has 5 fully saturated rings. The van der Waals surface area contributed by atoms with Gasteiger partial charge >= 0.3 is 6.18 Å². The van der Waals surface area contributed by atoms with Gasteiger partial charge in [-0.25, -0.2) is 8.78 Å². The Morgan fingerprint density at radius 2 is 1.19 bits per heavy atom. The first kappa shape index (κ1) is 83.2. The van der Waals surface area contributed by atoms with Gasteiger partial charge in [0.15, 0.2) is 0 Å². The van der Waals surface area contributed by atoms with Gasteiger partial charge in [-0.05, 0) is 94.3 Å². The molecule has 24 nitrogen and oxygen atoms in total. The van der Waals surface area contributed by atoms with Gasteiger partial charge in [-0.1, -0.05) is 92.9 Å². The second-order valence-corrected chi connectivity index (χ2v) is 30.4. The third-order valence-electron chi connectivity index (χ3n) is 21.2. The van der Waals surface area contributed by atoms with E-state index in [2.05, 4.69) is 21.3 Å². The zero-order valence-corrected chi connectivity index (χ0v) is 61.5. The predicted octanol–water partition coefficient (Wildman–Crippen LogP) is 5.71. The van der Waals surface area contributed by atoms with Crippen molar-refractivity contribution in [2.24, 2.45) is 35.5 Å². The average molecular weight is 1430 g/mol. The Balaban J connectivity index is 1.61. The van der Waals surface area contributed by atoms with Crippen molar-refractivity contribution in [3.63, 3.8) is 0 Å². The van der Waals surface area contributed by atoms with Gasteiger partial charge in [0.1, 0.15) is 41.8 Å². The fourth-order valence-corrected chi connectivity index (χ4v) is 15.2. The van der Waals surface area contributed by atoms with Crippen molar-refractivity contribution in [2.75, 3.05) is 82.1 Å². The highest BCUT2D eigenvalue weighted by Crippen LogP contribution is 2.44. The summed E-state index contributed by atoms with van der Waals surface area (Å²) >= 11 is 6.38. The third kappa shape index (κ3) is 22.8. The van der Waals surface area contributed by atoms with Crippen LogP contribution in [-0.4, -0.2) is 257 Å². The molecule has 2 saturated heterocycles. The molecular formula is C69H112ClF5N12O12. The summed E-state index contributed by atoms with van der Waals surface area (Å²) in [5.74, 6) is -15.5. The molecule has 0 aromatic carbocycles. The Labute approximate surface area is 586 Å². The molecule has 0 aromatic heterocycles. The van der Waals surface area contributed by atoms with Gasteiger partial charge in [0.05, 0.1) is 32.0 Å². The van der Waals surface area contributed by atoms with Crippen LogP contribution in [0.25, 0.3) is 0 Å². The van der Waals surface area contributed by atoms with Crippen molar-refractivity contribution in [3.8, 4) is 0 Å². The van der Waals surface area contributed by atoms with E-state index < -0.39 is 212 Å². The summed E-state index contributed by atoms with van der Waals surface area (Å²) < 4.78 is 71.2. The number of hydrogen-bond donors (Lipinski definition) is 4. The van der Waals surface area contributed by atoms with Crippen LogP contribution >= 0.6 is 11.6 Å². The number of rotatable bonds is 12. The molecule has 2 aliphatic heterocycles. The number of carbonyl (C=O) groups is 12. The maximum absolute atomic E-state index is 15.4. The summed E-state index contributed by atoms with van der Waals surface area (Å²) in [4.78, 5) is 185. The quantitative estimate of drug-likeness (QED) is 0.135. The minimum absolute atomic E-state index is 0.0236. The molecule has 1 spiro atoms. The third-order valence-corrected chi connectivity index (χ3v) is 21.7. The van der Waals surface area contributed by atoms with Gasteiger partial charge in [0, 0.05) is 93.1 Å². The van der Waals surface area contributed by atoms with E-state index >= 15 is 14.4 Å². The maximum atomic E-state index is 15.4. The predicted molar refractivity (Wildman–Crippen MR) is 361 cm³/mol. The first-order valence-electron chi connectivity index (χ1n) is 35.5. The standard InChI is InChI=1S/C69H112ClF5N12O12/c1-15-43(6)58-65(98)82(10)39-56(91)80(8)40-57(92)84(12)52(36-45-21-17-16-18-22-45)64(97)81(9)38-53(88)77-49(26-24-46-23-25-47(48(70)35-46)69(73,74)75)63(96)85(13)51(37-55(90)87-31-29-68(71,72)30-32-87)61(94)79-67(27-19-20-28-67)66(99)86(14)59(42(4)5)62(95)76-44(7)34-54(89)83(11)50(33-41(2)3)60(93)78-58/h41-52,58-59H,15-40H2,1-14H3,(H,76,95)(H,77,88)(H,78,93)(H,79,94)/t43-,44+,46?,47?,48?,49-,50-,51-,52-,58-,59-/m0/s1. The van der Waals surface area contributed by atoms with Gasteiger partial charge < -0.3 is 60.5 Å². The van der Waals surface area contributed by atoms with E-state index in [1.807, 2.05) is 20.8 Å². The van der Waals surface area contributed by atoms with E-state index in [0.717, 1.165) is 56.6 Å². The van der Waals surface area contributed by atoms with Crippen LogP contribution in [0.2, 0.25) is 0 Å². The van der Waals surface area contributed by atoms with Crippen molar-refractivity contribution in [3.05, 3.63) is 0 Å². The Morgan fingerprint density at radius 1 is 0.606 bits per heavy atom. The van der Waals surface area contributed by atoms with Crippen LogP contribution in [-0.2, 0) is 57.5 Å². The molecule has 562 valence electrons. The van der Waals surface area contributed by atoms with Gasteiger partial charge in [-0.15, -0.1) is 11.6 Å². The second kappa shape index (κ2) is 36.4. The van der Waals surface area contributed by atoms with Crippen LogP contribution in [0.5, 0.6) is 0 Å². The maximum Gasteiger partial charge on any atom is 0.393 e. The molecule has 99 heavy (non-hydrogen) atoms. The molecule has 11 atom stereocenters. The van der Waals surface area contributed by atoms with Gasteiger partial charge in [-0.2, -0.15) is 13.2 Å². The van der Waals surface area contributed by atoms with Gasteiger partial charge in [0.2, 0.25) is 70.9 Å². The zero-order valence-electron chi connectivity index (χ0n) is 60.7. The number of likely N-dealkylation sites (tertiary alicyclic amines) is 1. The SMILES string of the molecule is CC[C@H](C)[C@@H]1NC(=O)[C@H](CC(C)C)N(C)C(=O)C[C@@H](C)NC(=O)[C@H](C(C)C)N(C)C(=O)C2(CCCC2)NC(=O)[C@H](CC(=O)N2CCC(F)(F)CC2)N(C)C(=O)[C@H](CCC2CCC(C(F)(F)F)C(Cl)C2)NC(=O)CN(C)C(=O)[C@H](CC2CCCCC2)N(C)C(=O)CN(C)C(=O)CN(C)C1=O. The number of alkyl halides is 6. The lowest BCUT2D eigenvalue weighted by atomic mass is 9.78. The molecule has 2 heterocycles. The molecule has 0 bridgehead atoms. The first-order valence-corrected chi connectivity index (χ1v) is 35.9. The smallest absolute Gasteiger partial charge is 0.351 e. The topological polar surface area (TPSA) is 279 Å². The molecule has 30 heteroatoms. The minimum atomic E-state index is -4.58. The van der Waals surface area contributed by atoms with Crippen LogP contribution < -0.4 is 21.3 Å². The van der Waals surface area contributed by atoms with Crippen molar-refractivity contribution < 1.29 is 79.5 Å². The molecule has 0 aromatic rings. The zero-order chi connectivity index (χ0) is 74.3. The lowest BCUT2D eigenvalue weighted by Gasteiger charge is -2.40. The number of hydrogen-bond acceptors (Lipinski definition) is 12. The van der Waals surface area contributed by atoms with E-state index in [-0.39, 0.29) is 76.0 Å². The van der Waals surface area contributed by atoms with Crippen LogP contribution in [0.1, 0.15) is 183 Å². The average Bonchev–Trinajstić information content (AvgIpc) is 1.75. The number of amides is 12. The summed E-state index contributed by atoms with van der Waals surface area (Å²) in [5, 5.41) is 9.97. The summed E-state index contributed by atoms with van der Waals surface area (Å²) in [6.07, 6.45) is -1.85. The fraction of sp³-hybridized carbons (Fsp3) is 0.826. The van der Waals surface area contributed by atoms with E-state index in [0.29, 0.717) is 19.3 Å². The molecular weight excluding hydrogens is 1320 g/mol. The highest BCUT2D eigenvalue weighted by molar-refractivity contribution is 6.20. The molecule has 0 radical (unpaired) electrons. The number of carbonyl (C=O) groups excluding carboxylic acids is 12. The Bertz CT molecular complexity index is 2850. The van der Waals surface area contributed by atoms with Crippen molar-refractivity contribution >= 4 is 82.5 Å². The summed E-state index contributed by atoms with van der Waals surface area (Å²) in [6.45, 7) is 9.66. The first-order chi connectivity index (χ1) is 46.1. The number of halogens is 6. The molecule has 3 unspecified atom stereocenters. The molecule has 3 saturated carbocycles. The van der Waals surface area contributed by atoms with E-state index in [1.54, 1.807) is 27.7 Å². The number of likely N-dealkylation sites (N-methyl/N-ethyl adjacent to an activating group) is 7. The Hall–Kier alpha value is -6.42. The highest BCUT2D eigenvalue weighted by Gasteiger charge is 2.51. The summed E-state index contributed by atoms with van der Waals surface area (Å²) in [5.41, 5.74) is -1.75. The van der Waals surface area contributed by atoms with Crippen molar-refractivity contribution in [1.29, 1.82) is 0 Å². The molecule has 5 aliphatic rings. The molecule has 4 N–H and O–H groups in total. The van der Waals surface area contributed by atoms with Crippen molar-refractivity contribution in [1.82, 2.24) is 60.5 Å². The Kier molecular flexibility index (Phi) is 30.6. The van der Waals surface area contributed by atoms with E-state index in [9.17, 15) is 65.1 Å². The van der Waals surface area contributed by atoms with E-state index in [4.69, 9.17) is 11.6 Å². The number of nitrogens with zero attached hydrogens (tertiary/aromatic N) is 8. The second-order valence-electron chi connectivity index (χ2n) is 29.9. The monoisotopic (exact) mass is 1430 g/mol. The van der Waals surface area contributed by atoms with Gasteiger partial charge in [-0.3, -0.25) is 57.5 Å². The lowest BCUT2D eigenvalue weighted by Crippen LogP contribution is -2.65. The van der Waals surface area contributed by atoms with Gasteiger partial charge in [0.25, 0.3) is 5.92 Å². The van der Waals surface area contributed by atoms with Crippen LogP contribution in [0, 0.1) is 35.5 Å². The normalized spacial score (nSPS) is 29.1. The lowest BCUT2D eigenvalue weighted by molar-refractivity contribution is -0.182. The summed E-state index contributed by atoms with van der Waals surface area (Å²) in [7, 11) is 9.47. The fourth-order valence-electron chi connectivity index (χ4n) is 14.7. The Morgan fingerprint density at radius 3 is 1.76 bits per heavy atom. The highest BCUT2D eigenvalue weighted by atomic mass is 35.5. The van der Waals surface area contributed by atoms with E-state index in [1.165, 1.54) is 64.0 Å². The van der Waals surface area contributed by atoms with Crippen LogP contribution in [0.4, 0.5) is 22.0 Å². The molecule has 3 aliphatic carbocycles. The largest absolute Gasteiger partial charge is 0.393 e.